The van der Waals surface area contributed by atoms with Gasteiger partial charge in [0.25, 0.3) is 5.91 Å². The molecule has 1 aromatic rings. The SMILES string of the molecule is Cc1cc(C(=O)NC(C)CC(C)Br)co1. The minimum Gasteiger partial charge on any atom is -0.469 e. The first-order chi connectivity index (χ1) is 6.99. The summed E-state index contributed by atoms with van der Waals surface area (Å²) in [6.07, 6.45) is 2.39. The van der Waals surface area contributed by atoms with Crippen LogP contribution in [0.4, 0.5) is 0 Å². The van der Waals surface area contributed by atoms with Crippen LogP contribution in [0.1, 0.15) is 36.4 Å². The highest BCUT2D eigenvalue weighted by molar-refractivity contribution is 9.09. The van der Waals surface area contributed by atoms with E-state index in [0.29, 0.717) is 10.4 Å². The number of carbonyl (C=O) groups is 1. The number of nitrogens with one attached hydrogen (secondary N) is 1. The molecule has 0 bridgehead atoms. The maximum atomic E-state index is 11.7. The predicted molar refractivity (Wildman–Crippen MR) is 63.4 cm³/mol. The maximum absolute atomic E-state index is 11.7. The highest BCUT2D eigenvalue weighted by Gasteiger charge is 2.12. The fourth-order valence-electron chi connectivity index (χ4n) is 1.42. The first-order valence-electron chi connectivity index (χ1n) is 4.99. The third-order valence-corrected chi connectivity index (χ3v) is 2.42. The summed E-state index contributed by atoms with van der Waals surface area (Å²) in [5, 5.41) is 2.91. The number of hydrogen-bond acceptors (Lipinski definition) is 2. The average molecular weight is 274 g/mol. The molecule has 0 aliphatic carbocycles. The zero-order valence-electron chi connectivity index (χ0n) is 9.21. The quantitative estimate of drug-likeness (QED) is 0.858. The van der Waals surface area contributed by atoms with E-state index in [1.165, 1.54) is 6.26 Å². The smallest absolute Gasteiger partial charge is 0.254 e. The summed E-state index contributed by atoms with van der Waals surface area (Å²) in [4.78, 5) is 12.1. The van der Waals surface area contributed by atoms with Gasteiger partial charge in [-0.1, -0.05) is 22.9 Å². The molecule has 1 N–H and O–H groups in total. The van der Waals surface area contributed by atoms with E-state index in [0.717, 1.165) is 12.2 Å². The third kappa shape index (κ3) is 4.08. The number of rotatable bonds is 4. The van der Waals surface area contributed by atoms with Crippen LogP contribution in [0.25, 0.3) is 0 Å². The molecule has 0 saturated carbocycles. The van der Waals surface area contributed by atoms with Crippen LogP contribution in [-0.2, 0) is 0 Å². The van der Waals surface area contributed by atoms with Crippen molar-refractivity contribution < 1.29 is 9.21 Å². The molecule has 1 heterocycles. The summed E-state index contributed by atoms with van der Waals surface area (Å²) in [5.74, 6) is 0.675. The number of carbonyl (C=O) groups excluding carboxylic acids is 1. The largest absolute Gasteiger partial charge is 0.469 e. The van der Waals surface area contributed by atoms with E-state index >= 15 is 0 Å². The van der Waals surface area contributed by atoms with Crippen molar-refractivity contribution in [2.45, 2.75) is 38.1 Å². The molecule has 1 aromatic heterocycles. The first-order valence-corrected chi connectivity index (χ1v) is 5.90. The van der Waals surface area contributed by atoms with E-state index in [2.05, 4.69) is 28.2 Å². The number of aryl methyl sites for hydroxylation is 1. The van der Waals surface area contributed by atoms with Crippen LogP contribution in [0.5, 0.6) is 0 Å². The summed E-state index contributed by atoms with van der Waals surface area (Å²) < 4.78 is 5.08. The van der Waals surface area contributed by atoms with Crippen molar-refractivity contribution in [1.29, 1.82) is 0 Å². The second-order valence-electron chi connectivity index (χ2n) is 3.84. The van der Waals surface area contributed by atoms with Gasteiger partial charge < -0.3 is 9.73 Å². The van der Waals surface area contributed by atoms with Gasteiger partial charge >= 0.3 is 0 Å². The van der Waals surface area contributed by atoms with Crippen LogP contribution < -0.4 is 5.32 Å². The van der Waals surface area contributed by atoms with Crippen molar-refractivity contribution in [1.82, 2.24) is 5.32 Å². The Morgan fingerprint density at radius 2 is 2.27 bits per heavy atom. The lowest BCUT2D eigenvalue weighted by Gasteiger charge is -2.14. The molecular weight excluding hydrogens is 258 g/mol. The van der Waals surface area contributed by atoms with Gasteiger partial charge in [0.2, 0.25) is 0 Å². The molecule has 0 aromatic carbocycles. The minimum atomic E-state index is -0.0764. The summed E-state index contributed by atoms with van der Waals surface area (Å²) in [7, 11) is 0. The maximum Gasteiger partial charge on any atom is 0.254 e. The molecule has 4 heteroatoms. The minimum absolute atomic E-state index is 0.0764. The van der Waals surface area contributed by atoms with Gasteiger partial charge in [-0.25, -0.2) is 0 Å². The molecule has 0 fully saturated rings. The zero-order chi connectivity index (χ0) is 11.4. The van der Waals surface area contributed by atoms with Crippen molar-refractivity contribution in [2.75, 3.05) is 0 Å². The molecule has 84 valence electrons. The number of amides is 1. The van der Waals surface area contributed by atoms with Crippen molar-refractivity contribution in [3.05, 3.63) is 23.7 Å². The topological polar surface area (TPSA) is 42.2 Å². The van der Waals surface area contributed by atoms with Gasteiger partial charge in [-0.05, 0) is 26.3 Å². The van der Waals surface area contributed by atoms with Crippen LogP contribution in [0.2, 0.25) is 0 Å². The lowest BCUT2D eigenvalue weighted by molar-refractivity contribution is 0.0938. The Labute approximate surface area is 98.4 Å². The van der Waals surface area contributed by atoms with E-state index in [1.807, 2.05) is 13.8 Å². The van der Waals surface area contributed by atoms with Crippen LogP contribution >= 0.6 is 15.9 Å². The highest BCUT2D eigenvalue weighted by atomic mass is 79.9. The van der Waals surface area contributed by atoms with Gasteiger partial charge in [-0.3, -0.25) is 4.79 Å². The summed E-state index contributed by atoms with van der Waals surface area (Å²) in [5.41, 5.74) is 0.585. The van der Waals surface area contributed by atoms with E-state index in [1.54, 1.807) is 6.07 Å². The summed E-state index contributed by atoms with van der Waals surface area (Å²) >= 11 is 3.46. The lowest BCUT2D eigenvalue weighted by Crippen LogP contribution is -2.33. The second-order valence-corrected chi connectivity index (χ2v) is 5.40. The molecule has 0 aliphatic heterocycles. The predicted octanol–water partition coefficient (Wildman–Crippen LogP) is 2.88. The number of furan rings is 1. The van der Waals surface area contributed by atoms with Crippen LogP contribution in [0.3, 0.4) is 0 Å². The Bertz CT molecular complexity index is 333. The van der Waals surface area contributed by atoms with E-state index in [4.69, 9.17) is 4.42 Å². The number of alkyl halides is 1. The molecule has 15 heavy (non-hydrogen) atoms. The molecule has 1 amide bonds. The second kappa shape index (κ2) is 5.35. The average Bonchev–Trinajstić information content (AvgIpc) is 2.49. The Morgan fingerprint density at radius 3 is 2.73 bits per heavy atom. The highest BCUT2D eigenvalue weighted by Crippen LogP contribution is 2.09. The number of halogens is 1. The van der Waals surface area contributed by atoms with Crippen molar-refractivity contribution in [2.24, 2.45) is 0 Å². The molecule has 0 aliphatic rings. The molecule has 0 saturated heterocycles. The van der Waals surface area contributed by atoms with Gasteiger partial charge in [0.15, 0.2) is 0 Å². The first kappa shape index (κ1) is 12.3. The molecule has 1 rings (SSSR count). The van der Waals surface area contributed by atoms with Crippen molar-refractivity contribution in [3.8, 4) is 0 Å². The Morgan fingerprint density at radius 1 is 1.60 bits per heavy atom. The zero-order valence-corrected chi connectivity index (χ0v) is 10.8. The molecule has 0 radical (unpaired) electrons. The molecule has 0 spiro atoms. The molecule has 2 atom stereocenters. The van der Waals surface area contributed by atoms with Crippen LogP contribution in [-0.4, -0.2) is 16.8 Å². The Balaban J connectivity index is 2.49. The fourth-order valence-corrected chi connectivity index (χ4v) is 1.98. The Hall–Kier alpha value is -0.770. The number of hydrogen-bond donors (Lipinski definition) is 1. The lowest BCUT2D eigenvalue weighted by atomic mass is 10.2. The van der Waals surface area contributed by atoms with Gasteiger partial charge in [0, 0.05) is 10.9 Å². The van der Waals surface area contributed by atoms with E-state index < -0.39 is 0 Å². The summed E-state index contributed by atoms with van der Waals surface area (Å²) in [6, 6.07) is 1.89. The van der Waals surface area contributed by atoms with Crippen molar-refractivity contribution >= 4 is 21.8 Å². The van der Waals surface area contributed by atoms with Gasteiger partial charge in [-0.2, -0.15) is 0 Å². The van der Waals surface area contributed by atoms with Gasteiger partial charge in [-0.15, -0.1) is 0 Å². The molecule has 3 nitrogen and oxygen atoms in total. The Kier molecular flexibility index (Phi) is 4.39. The van der Waals surface area contributed by atoms with E-state index in [9.17, 15) is 4.79 Å². The van der Waals surface area contributed by atoms with Crippen molar-refractivity contribution in [3.63, 3.8) is 0 Å². The van der Waals surface area contributed by atoms with Gasteiger partial charge in [0.05, 0.1) is 5.56 Å². The van der Waals surface area contributed by atoms with Gasteiger partial charge in [0.1, 0.15) is 12.0 Å². The normalized spacial score (nSPS) is 14.7. The molecular formula is C11H16BrNO2. The fraction of sp³-hybridized carbons (Fsp3) is 0.545. The van der Waals surface area contributed by atoms with E-state index in [-0.39, 0.29) is 11.9 Å². The molecule has 2 unspecified atom stereocenters. The standard InChI is InChI=1S/C11H16BrNO2/c1-7(12)4-8(2)13-11(14)10-5-9(3)15-6-10/h5-8H,4H2,1-3H3,(H,13,14). The summed E-state index contributed by atoms with van der Waals surface area (Å²) in [6.45, 7) is 5.87. The third-order valence-electron chi connectivity index (χ3n) is 2.05. The monoisotopic (exact) mass is 273 g/mol. The van der Waals surface area contributed by atoms with Crippen LogP contribution in [0.15, 0.2) is 16.7 Å². The van der Waals surface area contributed by atoms with Crippen LogP contribution in [0, 0.1) is 6.92 Å².